The van der Waals surface area contributed by atoms with Crippen molar-refractivity contribution in [3.8, 4) is 11.3 Å². The van der Waals surface area contributed by atoms with Gasteiger partial charge in [0.1, 0.15) is 0 Å². The molecule has 0 amide bonds. The van der Waals surface area contributed by atoms with Gasteiger partial charge in [0.25, 0.3) is 0 Å². The first kappa shape index (κ1) is 13.4. The molecule has 0 aliphatic carbocycles. The van der Waals surface area contributed by atoms with Gasteiger partial charge in [0.2, 0.25) is 5.69 Å². The van der Waals surface area contributed by atoms with Crippen molar-refractivity contribution in [2.24, 2.45) is 0 Å². The summed E-state index contributed by atoms with van der Waals surface area (Å²) < 4.78 is 2.60. The van der Waals surface area contributed by atoms with Crippen molar-refractivity contribution in [3.05, 3.63) is 53.7 Å². The molecular weight excluding hydrogens is 242 g/mol. The highest BCUT2D eigenvalue weighted by molar-refractivity contribution is 5.63. The SMILES string of the molecule is CCC1(CC)C(C)c2ccccc2-c2cccc(C)[n+]21. The minimum absolute atomic E-state index is 0.203. The summed E-state index contributed by atoms with van der Waals surface area (Å²) in [7, 11) is 0. The van der Waals surface area contributed by atoms with Crippen LogP contribution in [0.5, 0.6) is 0 Å². The third kappa shape index (κ3) is 1.59. The molecule has 1 unspecified atom stereocenters. The molecule has 0 saturated carbocycles. The maximum atomic E-state index is 2.60. The van der Waals surface area contributed by atoms with Crippen LogP contribution in [-0.2, 0) is 5.54 Å². The topological polar surface area (TPSA) is 3.88 Å². The fourth-order valence-corrected chi connectivity index (χ4v) is 4.19. The maximum absolute atomic E-state index is 2.60. The molecule has 2 aromatic rings. The Morgan fingerprint density at radius 1 is 1.00 bits per heavy atom. The Bertz CT molecular complexity index is 638. The van der Waals surface area contributed by atoms with Gasteiger partial charge in [0.15, 0.2) is 11.2 Å². The van der Waals surface area contributed by atoms with Gasteiger partial charge in [-0.15, -0.1) is 0 Å². The van der Waals surface area contributed by atoms with Gasteiger partial charge in [0, 0.05) is 43.4 Å². The lowest BCUT2D eigenvalue weighted by Gasteiger charge is -2.39. The third-order valence-corrected chi connectivity index (χ3v) is 5.36. The van der Waals surface area contributed by atoms with Gasteiger partial charge in [-0.25, -0.2) is 0 Å². The van der Waals surface area contributed by atoms with E-state index in [4.69, 9.17) is 0 Å². The van der Waals surface area contributed by atoms with Gasteiger partial charge in [-0.2, -0.15) is 4.57 Å². The lowest BCUT2D eigenvalue weighted by molar-refractivity contribution is -0.767. The Hall–Kier alpha value is -1.63. The molecule has 1 heteroatoms. The molecule has 1 aromatic heterocycles. The molecule has 2 heterocycles. The van der Waals surface area contributed by atoms with Gasteiger partial charge in [-0.3, -0.25) is 0 Å². The van der Waals surface area contributed by atoms with Gasteiger partial charge in [0.05, 0.1) is 0 Å². The fourth-order valence-electron chi connectivity index (χ4n) is 4.19. The molecule has 104 valence electrons. The van der Waals surface area contributed by atoms with E-state index in [0.717, 1.165) is 0 Å². The summed E-state index contributed by atoms with van der Waals surface area (Å²) in [6, 6.07) is 15.6. The zero-order valence-electron chi connectivity index (χ0n) is 13.0. The molecule has 1 atom stereocenters. The quantitative estimate of drug-likeness (QED) is 0.700. The number of nitrogens with zero attached hydrogens (tertiary/aromatic N) is 1. The first-order valence-corrected chi connectivity index (χ1v) is 7.77. The van der Waals surface area contributed by atoms with Crippen LogP contribution in [0.25, 0.3) is 11.3 Å². The number of fused-ring (bicyclic) bond motifs is 3. The normalized spacial score (nSPS) is 19.3. The van der Waals surface area contributed by atoms with Crippen molar-refractivity contribution in [2.75, 3.05) is 0 Å². The first-order valence-electron chi connectivity index (χ1n) is 7.77. The number of hydrogen-bond acceptors (Lipinski definition) is 0. The molecular formula is C19H24N+. The number of aryl methyl sites for hydroxylation is 1. The second-order valence-corrected chi connectivity index (χ2v) is 6.01. The molecule has 0 N–H and O–H groups in total. The van der Waals surface area contributed by atoms with Crippen LogP contribution in [0, 0.1) is 6.92 Å². The number of rotatable bonds is 2. The zero-order chi connectivity index (χ0) is 14.3. The predicted octanol–water partition coefficient (Wildman–Crippen LogP) is 4.58. The minimum atomic E-state index is 0.203. The molecule has 1 aromatic carbocycles. The Balaban J connectivity index is 2.41. The van der Waals surface area contributed by atoms with Crippen molar-refractivity contribution in [1.82, 2.24) is 0 Å². The van der Waals surface area contributed by atoms with E-state index in [-0.39, 0.29) is 5.54 Å². The summed E-state index contributed by atoms with van der Waals surface area (Å²) in [4.78, 5) is 0. The van der Waals surface area contributed by atoms with Crippen molar-refractivity contribution in [1.29, 1.82) is 0 Å². The maximum Gasteiger partial charge on any atom is 0.213 e. The Morgan fingerprint density at radius 2 is 1.70 bits per heavy atom. The van der Waals surface area contributed by atoms with Crippen molar-refractivity contribution < 1.29 is 4.57 Å². The lowest BCUT2D eigenvalue weighted by Crippen LogP contribution is -2.63. The summed E-state index contributed by atoms with van der Waals surface area (Å²) in [6.07, 6.45) is 2.34. The van der Waals surface area contributed by atoms with E-state index in [1.165, 1.54) is 35.4 Å². The van der Waals surface area contributed by atoms with E-state index >= 15 is 0 Å². The van der Waals surface area contributed by atoms with Crippen LogP contribution >= 0.6 is 0 Å². The molecule has 0 spiro atoms. The van der Waals surface area contributed by atoms with E-state index in [1.807, 2.05) is 0 Å². The van der Waals surface area contributed by atoms with Gasteiger partial charge in [-0.05, 0) is 17.7 Å². The van der Waals surface area contributed by atoms with Crippen LogP contribution < -0.4 is 4.57 Å². The highest BCUT2D eigenvalue weighted by atomic mass is 15.1. The molecule has 20 heavy (non-hydrogen) atoms. The van der Waals surface area contributed by atoms with Crippen molar-refractivity contribution >= 4 is 0 Å². The van der Waals surface area contributed by atoms with Crippen LogP contribution in [0.1, 0.15) is 50.8 Å². The number of benzene rings is 1. The van der Waals surface area contributed by atoms with Crippen LogP contribution in [0.3, 0.4) is 0 Å². The van der Waals surface area contributed by atoms with Gasteiger partial charge < -0.3 is 0 Å². The van der Waals surface area contributed by atoms with Crippen molar-refractivity contribution in [2.45, 2.75) is 52.0 Å². The molecule has 0 radical (unpaired) electrons. The lowest BCUT2D eigenvalue weighted by atomic mass is 9.71. The average Bonchev–Trinajstić information content (AvgIpc) is 2.49. The number of hydrogen-bond donors (Lipinski definition) is 0. The summed E-state index contributed by atoms with van der Waals surface area (Å²) in [5.74, 6) is 0.548. The highest BCUT2D eigenvalue weighted by Gasteiger charge is 2.49. The molecule has 0 bridgehead atoms. The van der Waals surface area contributed by atoms with Gasteiger partial charge >= 0.3 is 0 Å². The average molecular weight is 266 g/mol. The Kier molecular flexibility index (Phi) is 3.16. The van der Waals surface area contributed by atoms with E-state index in [1.54, 1.807) is 0 Å². The summed E-state index contributed by atoms with van der Waals surface area (Å²) in [5.41, 5.74) is 5.85. The zero-order valence-corrected chi connectivity index (χ0v) is 13.0. The minimum Gasteiger partial charge on any atom is -0.190 e. The van der Waals surface area contributed by atoms with Crippen LogP contribution in [-0.4, -0.2) is 0 Å². The smallest absolute Gasteiger partial charge is 0.190 e. The van der Waals surface area contributed by atoms with Crippen molar-refractivity contribution in [3.63, 3.8) is 0 Å². The molecule has 1 aliphatic rings. The molecule has 3 rings (SSSR count). The summed E-state index contributed by atoms with van der Waals surface area (Å²) in [5, 5.41) is 0. The largest absolute Gasteiger partial charge is 0.213 e. The highest BCUT2D eigenvalue weighted by Crippen LogP contribution is 2.44. The van der Waals surface area contributed by atoms with E-state index in [9.17, 15) is 0 Å². The second kappa shape index (κ2) is 4.73. The molecule has 0 fully saturated rings. The van der Waals surface area contributed by atoms with Crippen LogP contribution in [0.15, 0.2) is 42.5 Å². The number of pyridine rings is 1. The van der Waals surface area contributed by atoms with E-state index in [0.29, 0.717) is 5.92 Å². The Morgan fingerprint density at radius 3 is 2.40 bits per heavy atom. The predicted molar refractivity (Wildman–Crippen MR) is 83.8 cm³/mol. The number of aromatic nitrogens is 1. The van der Waals surface area contributed by atoms with Crippen LogP contribution in [0.4, 0.5) is 0 Å². The molecule has 0 saturated heterocycles. The van der Waals surface area contributed by atoms with Crippen LogP contribution in [0.2, 0.25) is 0 Å². The standard InChI is InChI=1S/C19H24N/c1-5-19(6-2)15(4)16-11-7-8-12-17(16)18-13-9-10-14(3)20(18)19/h7-13,15H,5-6H2,1-4H3/q+1. The molecule has 1 nitrogen and oxygen atoms in total. The Labute approximate surface area is 122 Å². The fraction of sp³-hybridized carbons (Fsp3) is 0.421. The van der Waals surface area contributed by atoms with E-state index in [2.05, 4.69) is 74.7 Å². The van der Waals surface area contributed by atoms with E-state index < -0.39 is 0 Å². The summed E-state index contributed by atoms with van der Waals surface area (Å²) >= 11 is 0. The van der Waals surface area contributed by atoms with Gasteiger partial charge in [-0.1, -0.05) is 39.0 Å². The molecule has 1 aliphatic heterocycles. The monoisotopic (exact) mass is 266 g/mol. The third-order valence-electron chi connectivity index (χ3n) is 5.36. The summed E-state index contributed by atoms with van der Waals surface area (Å²) in [6.45, 7) is 9.30. The second-order valence-electron chi connectivity index (χ2n) is 6.01. The first-order chi connectivity index (χ1) is 9.65.